The van der Waals surface area contributed by atoms with Crippen molar-refractivity contribution in [2.75, 3.05) is 18.6 Å². The van der Waals surface area contributed by atoms with Gasteiger partial charge in [0.2, 0.25) is 5.91 Å². The van der Waals surface area contributed by atoms with E-state index in [-0.39, 0.29) is 18.5 Å². The lowest BCUT2D eigenvalue weighted by atomic mass is 10.0. The van der Waals surface area contributed by atoms with Gasteiger partial charge < -0.3 is 14.2 Å². The van der Waals surface area contributed by atoms with Gasteiger partial charge in [0.05, 0.1) is 29.4 Å². The summed E-state index contributed by atoms with van der Waals surface area (Å²) in [7, 11) is 1.69. The predicted octanol–water partition coefficient (Wildman–Crippen LogP) is 4.85. The Bertz CT molecular complexity index is 1050. The molecule has 158 valence electrons. The molecule has 0 aliphatic heterocycles. The van der Waals surface area contributed by atoms with Gasteiger partial charge in [0, 0.05) is 13.0 Å². The molecule has 1 amide bonds. The molecule has 4 rings (SSSR count). The summed E-state index contributed by atoms with van der Waals surface area (Å²) in [6, 6.07) is 14.3. The van der Waals surface area contributed by atoms with Gasteiger partial charge >= 0.3 is 0 Å². The third-order valence-electron chi connectivity index (χ3n) is 5.98. The highest BCUT2D eigenvalue weighted by Gasteiger charge is 2.32. The minimum atomic E-state index is -0.0620. The van der Waals surface area contributed by atoms with Crippen LogP contribution in [0, 0.1) is 6.92 Å². The van der Waals surface area contributed by atoms with Gasteiger partial charge in [0.1, 0.15) is 12.4 Å². The maximum absolute atomic E-state index is 13.8. The Morgan fingerprint density at radius 2 is 2.00 bits per heavy atom. The molecule has 30 heavy (non-hydrogen) atoms. The number of para-hydroxylation sites is 3. The molecule has 0 unspecified atom stereocenters. The topological polar surface area (TPSA) is 47.4 Å². The van der Waals surface area contributed by atoms with Crippen LogP contribution in [0.25, 0.3) is 11.0 Å². The first-order chi connectivity index (χ1) is 14.5. The van der Waals surface area contributed by atoms with Gasteiger partial charge in [-0.2, -0.15) is 0 Å². The Balaban J connectivity index is 1.76. The lowest BCUT2D eigenvalue weighted by molar-refractivity contribution is -0.119. The number of carbonyl (C=O) groups excluding carboxylic acids is 1. The van der Waals surface area contributed by atoms with Crippen molar-refractivity contribution < 1.29 is 9.53 Å². The van der Waals surface area contributed by atoms with Crippen molar-refractivity contribution in [3.8, 4) is 0 Å². The van der Waals surface area contributed by atoms with Crippen LogP contribution in [0.3, 0.4) is 0 Å². The Morgan fingerprint density at radius 3 is 2.70 bits per heavy atom. The lowest BCUT2D eigenvalue weighted by Gasteiger charge is -2.32. The maximum atomic E-state index is 13.8. The van der Waals surface area contributed by atoms with E-state index in [1.807, 2.05) is 23.1 Å². The van der Waals surface area contributed by atoms with Gasteiger partial charge in [-0.1, -0.05) is 37.3 Å². The normalized spacial score (nSPS) is 14.8. The first-order valence-electron chi connectivity index (χ1n) is 10.9. The van der Waals surface area contributed by atoms with Gasteiger partial charge in [0.15, 0.2) is 0 Å². The summed E-state index contributed by atoms with van der Waals surface area (Å²) in [4.78, 5) is 20.6. The highest BCUT2D eigenvalue weighted by molar-refractivity contribution is 5.96. The molecule has 0 N–H and O–H groups in total. The number of hydrogen-bond donors (Lipinski definition) is 0. The minimum Gasteiger partial charge on any atom is -0.383 e. The third kappa shape index (κ3) is 3.86. The molecule has 1 aliphatic carbocycles. The zero-order chi connectivity index (χ0) is 21.3. The third-order valence-corrected chi connectivity index (χ3v) is 5.98. The van der Waals surface area contributed by atoms with E-state index in [9.17, 15) is 4.79 Å². The van der Waals surface area contributed by atoms with Crippen LogP contribution in [-0.4, -0.2) is 35.2 Å². The fraction of sp³-hybridized carbons (Fsp3) is 0.440. The van der Waals surface area contributed by atoms with Gasteiger partial charge in [0.25, 0.3) is 0 Å². The molecule has 1 saturated carbocycles. The van der Waals surface area contributed by atoms with Crippen LogP contribution in [0.15, 0.2) is 42.5 Å². The van der Waals surface area contributed by atoms with Crippen molar-refractivity contribution >= 4 is 22.6 Å². The summed E-state index contributed by atoms with van der Waals surface area (Å²) in [6.07, 6.45) is 3.18. The highest BCUT2D eigenvalue weighted by atomic mass is 16.5. The maximum Gasteiger partial charge on any atom is 0.247 e. The molecular formula is C25H31N3O2. The number of aromatic nitrogens is 2. The molecule has 2 aromatic carbocycles. The Kier molecular flexibility index (Phi) is 5.91. The van der Waals surface area contributed by atoms with Crippen molar-refractivity contribution in [3.63, 3.8) is 0 Å². The summed E-state index contributed by atoms with van der Waals surface area (Å²) >= 11 is 0. The number of amides is 1. The number of benzene rings is 2. The van der Waals surface area contributed by atoms with E-state index in [1.54, 1.807) is 7.11 Å². The number of carbonyl (C=O) groups is 1. The number of nitrogens with zero attached hydrogens (tertiary/aromatic N) is 3. The first-order valence-corrected chi connectivity index (χ1v) is 10.9. The van der Waals surface area contributed by atoms with Crippen LogP contribution in [0.4, 0.5) is 5.69 Å². The molecule has 0 saturated heterocycles. The second kappa shape index (κ2) is 8.60. The SMILES string of the molecule is CCc1cccc(C)c1N(C(=O)Cn1c(C2CC2)nc2ccccc21)[C@H](C)COC. The zero-order valence-corrected chi connectivity index (χ0v) is 18.4. The van der Waals surface area contributed by atoms with Crippen molar-refractivity contribution in [2.45, 2.75) is 58.5 Å². The van der Waals surface area contributed by atoms with Crippen LogP contribution in [0.2, 0.25) is 0 Å². The zero-order valence-electron chi connectivity index (χ0n) is 18.4. The molecule has 1 aliphatic rings. The summed E-state index contributed by atoms with van der Waals surface area (Å²) in [5.74, 6) is 1.60. The number of imidazole rings is 1. The fourth-order valence-electron chi connectivity index (χ4n) is 4.38. The van der Waals surface area contributed by atoms with E-state index in [0.29, 0.717) is 12.5 Å². The number of ether oxygens (including phenoxy) is 1. The molecule has 0 radical (unpaired) electrons. The average molecular weight is 406 g/mol. The standard InChI is InChI=1S/C25H31N3O2/c1-5-19-10-8-9-17(2)24(19)28(18(3)16-30-4)23(29)15-27-22-12-7-6-11-21(22)26-25(27)20-13-14-20/h6-12,18,20H,5,13-16H2,1-4H3/t18-/m1/s1. The molecule has 5 heteroatoms. The summed E-state index contributed by atoms with van der Waals surface area (Å²) in [5, 5.41) is 0. The molecule has 3 aromatic rings. The molecule has 1 atom stereocenters. The largest absolute Gasteiger partial charge is 0.383 e. The van der Waals surface area contributed by atoms with Gasteiger partial charge in [-0.25, -0.2) is 4.98 Å². The number of hydrogen-bond acceptors (Lipinski definition) is 3. The lowest BCUT2D eigenvalue weighted by Crippen LogP contribution is -2.44. The Hall–Kier alpha value is -2.66. The smallest absolute Gasteiger partial charge is 0.247 e. The number of rotatable bonds is 8. The predicted molar refractivity (Wildman–Crippen MR) is 121 cm³/mol. The van der Waals surface area contributed by atoms with E-state index in [1.165, 1.54) is 5.56 Å². The van der Waals surface area contributed by atoms with Crippen LogP contribution < -0.4 is 4.90 Å². The van der Waals surface area contributed by atoms with Crippen molar-refractivity contribution in [3.05, 3.63) is 59.4 Å². The molecule has 5 nitrogen and oxygen atoms in total. The van der Waals surface area contributed by atoms with Crippen molar-refractivity contribution in [1.82, 2.24) is 9.55 Å². The van der Waals surface area contributed by atoms with Gasteiger partial charge in [-0.05, 0) is 56.4 Å². The number of aryl methyl sites for hydroxylation is 2. The summed E-state index contributed by atoms with van der Waals surface area (Å²) in [5.41, 5.74) is 5.32. The number of fused-ring (bicyclic) bond motifs is 1. The van der Waals surface area contributed by atoms with Crippen LogP contribution in [0.1, 0.15) is 49.6 Å². The summed E-state index contributed by atoms with van der Waals surface area (Å²) < 4.78 is 7.56. The summed E-state index contributed by atoms with van der Waals surface area (Å²) in [6.45, 7) is 7.05. The average Bonchev–Trinajstić information content (AvgIpc) is 3.52. The van der Waals surface area contributed by atoms with E-state index in [4.69, 9.17) is 9.72 Å². The van der Waals surface area contributed by atoms with E-state index in [0.717, 1.165) is 47.4 Å². The molecule has 0 spiro atoms. The van der Waals surface area contributed by atoms with Crippen LogP contribution in [0.5, 0.6) is 0 Å². The number of anilines is 1. The first kappa shape index (κ1) is 20.6. The molecular weight excluding hydrogens is 374 g/mol. The Labute approximate surface area is 178 Å². The van der Waals surface area contributed by atoms with Crippen LogP contribution >= 0.6 is 0 Å². The monoisotopic (exact) mass is 405 g/mol. The second-order valence-corrected chi connectivity index (χ2v) is 8.32. The minimum absolute atomic E-state index is 0.0620. The van der Waals surface area contributed by atoms with Gasteiger partial charge in [-0.3, -0.25) is 4.79 Å². The van der Waals surface area contributed by atoms with Gasteiger partial charge in [-0.15, -0.1) is 0 Å². The molecule has 0 bridgehead atoms. The molecule has 1 heterocycles. The highest BCUT2D eigenvalue weighted by Crippen LogP contribution is 2.41. The van der Waals surface area contributed by atoms with E-state index < -0.39 is 0 Å². The number of methoxy groups -OCH3 is 1. The fourth-order valence-corrected chi connectivity index (χ4v) is 4.38. The molecule has 1 aromatic heterocycles. The second-order valence-electron chi connectivity index (χ2n) is 8.32. The van der Waals surface area contributed by atoms with Crippen molar-refractivity contribution in [1.29, 1.82) is 0 Å². The van der Waals surface area contributed by atoms with E-state index >= 15 is 0 Å². The Morgan fingerprint density at radius 1 is 1.23 bits per heavy atom. The molecule has 1 fully saturated rings. The quantitative estimate of drug-likeness (QED) is 0.538. The van der Waals surface area contributed by atoms with Crippen molar-refractivity contribution in [2.24, 2.45) is 0 Å². The van der Waals surface area contributed by atoms with Crippen LogP contribution in [-0.2, 0) is 22.5 Å². The van der Waals surface area contributed by atoms with E-state index in [2.05, 4.69) is 49.6 Å².